The summed E-state index contributed by atoms with van der Waals surface area (Å²) >= 11 is 3.14. The molecule has 0 spiro atoms. The van der Waals surface area contributed by atoms with Crippen molar-refractivity contribution in [2.24, 2.45) is 0 Å². The van der Waals surface area contributed by atoms with Crippen LogP contribution in [0.15, 0.2) is 16.6 Å². The second kappa shape index (κ2) is 8.12. The van der Waals surface area contributed by atoms with Crippen LogP contribution < -0.4 is 11.1 Å². The molecule has 0 fully saturated rings. The Labute approximate surface area is 120 Å². The molecule has 19 heavy (non-hydrogen) atoms. The summed E-state index contributed by atoms with van der Waals surface area (Å²) < 4.78 is 13.5. The Morgan fingerprint density at radius 3 is 2.68 bits per heavy atom. The highest BCUT2D eigenvalue weighted by Crippen LogP contribution is 2.22. The van der Waals surface area contributed by atoms with Crippen molar-refractivity contribution in [3.8, 4) is 0 Å². The Kier molecular flexibility index (Phi) is 6.80. The van der Waals surface area contributed by atoms with Crippen molar-refractivity contribution >= 4 is 27.5 Å². The van der Waals surface area contributed by atoms with Crippen molar-refractivity contribution in [1.29, 1.82) is 0 Å². The number of nitrogens with two attached hydrogens (primary N) is 1. The highest BCUT2D eigenvalue weighted by Gasteiger charge is 2.12. The molecule has 0 atom stereocenters. The first-order chi connectivity index (χ1) is 9.06. The topological polar surface area (TPSA) is 75.4 Å². The molecule has 106 valence electrons. The number of rotatable bonds is 7. The molecule has 0 saturated carbocycles. The van der Waals surface area contributed by atoms with Crippen LogP contribution in [0.4, 0.5) is 10.1 Å². The van der Waals surface area contributed by atoms with Crippen molar-refractivity contribution in [2.45, 2.75) is 25.7 Å². The van der Waals surface area contributed by atoms with Gasteiger partial charge >= 0.3 is 0 Å². The summed E-state index contributed by atoms with van der Waals surface area (Å²) in [4.78, 5) is 11.9. The molecule has 4 N–H and O–H groups in total. The predicted octanol–water partition coefficient (Wildman–Crippen LogP) is 2.45. The Morgan fingerprint density at radius 2 is 2.00 bits per heavy atom. The van der Waals surface area contributed by atoms with Gasteiger partial charge < -0.3 is 16.2 Å². The van der Waals surface area contributed by atoms with Crippen molar-refractivity contribution in [2.75, 3.05) is 18.9 Å². The Hall–Kier alpha value is -1.14. The molecule has 0 aliphatic heterocycles. The van der Waals surface area contributed by atoms with Crippen LogP contribution in [0.2, 0.25) is 0 Å². The lowest BCUT2D eigenvalue weighted by Gasteiger charge is -2.08. The van der Waals surface area contributed by atoms with E-state index in [1.807, 2.05) is 0 Å². The molecule has 1 amide bonds. The molecule has 0 saturated heterocycles. The van der Waals surface area contributed by atoms with Crippen molar-refractivity contribution < 1.29 is 14.3 Å². The highest BCUT2D eigenvalue weighted by atomic mass is 79.9. The number of carbonyl (C=O) groups is 1. The van der Waals surface area contributed by atoms with E-state index in [0.29, 0.717) is 16.6 Å². The molecular weight excluding hydrogens is 315 g/mol. The lowest BCUT2D eigenvalue weighted by atomic mass is 10.1. The molecule has 0 heterocycles. The molecule has 0 aromatic heterocycles. The third kappa shape index (κ3) is 5.16. The van der Waals surface area contributed by atoms with Crippen molar-refractivity contribution in [3.05, 3.63) is 28.0 Å². The average molecular weight is 333 g/mol. The molecule has 0 aliphatic carbocycles. The second-order valence-electron chi connectivity index (χ2n) is 4.25. The molecule has 4 nitrogen and oxygen atoms in total. The van der Waals surface area contributed by atoms with Gasteiger partial charge in [0, 0.05) is 17.6 Å². The Balaban J connectivity index is 2.43. The second-order valence-corrected chi connectivity index (χ2v) is 5.10. The van der Waals surface area contributed by atoms with Crippen LogP contribution in [-0.4, -0.2) is 24.2 Å². The van der Waals surface area contributed by atoms with E-state index in [1.165, 1.54) is 12.1 Å². The van der Waals surface area contributed by atoms with Gasteiger partial charge in [-0.2, -0.15) is 0 Å². The Morgan fingerprint density at radius 1 is 1.32 bits per heavy atom. The number of benzene rings is 1. The number of aliphatic hydroxyl groups is 1. The van der Waals surface area contributed by atoms with Crippen molar-refractivity contribution in [3.63, 3.8) is 0 Å². The number of halogens is 2. The van der Waals surface area contributed by atoms with Gasteiger partial charge in [-0.05, 0) is 40.9 Å². The molecule has 1 rings (SSSR count). The first kappa shape index (κ1) is 15.9. The zero-order valence-electron chi connectivity index (χ0n) is 10.6. The number of nitrogens with one attached hydrogen (secondary N) is 1. The minimum Gasteiger partial charge on any atom is -0.396 e. The Bertz CT molecular complexity index is 441. The predicted molar refractivity (Wildman–Crippen MR) is 76.4 cm³/mol. The minimum atomic E-state index is -0.549. The number of unbranched alkanes of at least 4 members (excludes halogenated alkanes) is 3. The van der Waals surface area contributed by atoms with E-state index < -0.39 is 5.82 Å². The zero-order chi connectivity index (χ0) is 14.3. The zero-order valence-corrected chi connectivity index (χ0v) is 12.2. The summed E-state index contributed by atoms with van der Waals surface area (Å²) in [6.07, 6.45) is 3.53. The first-order valence-corrected chi connectivity index (χ1v) is 6.99. The molecule has 0 bridgehead atoms. The molecule has 1 aromatic rings. The fourth-order valence-corrected chi connectivity index (χ4v) is 2.12. The van der Waals surface area contributed by atoms with E-state index in [0.717, 1.165) is 25.7 Å². The third-order valence-corrected chi connectivity index (χ3v) is 3.36. The van der Waals surface area contributed by atoms with E-state index in [2.05, 4.69) is 21.2 Å². The molecule has 0 aliphatic rings. The maximum atomic E-state index is 13.1. The van der Waals surface area contributed by atoms with Gasteiger partial charge in [-0.25, -0.2) is 4.39 Å². The average Bonchev–Trinajstić information content (AvgIpc) is 2.37. The fraction of sp³-hybridized carbons (Fsp3) is 0.462. The van der Waals surface area contributed by atoms with Gasteiger partial charge in [0.1, 0.15) is 5.82 Å². The van der Waals surface area contributed by atoms with Crippen molar-refractivity contribution in [1.82, 2.24) is 5.32 Å². The van der Waals surface area contributed by atoms with E-state index in [-0.39, 0.29) is 18.2 Å². The molecule has 1 aromatic carbocycles. The van der Waals surface area contributed by atoms with Gasteiger partial charge in [-0.1, -0.05) is 12.8 Å². The summed E-state index contributed by atoms with van der Waals surface area (Å²) in [7, 11) is 0. The van der Waals surface area contributed by atoms with E-state index in [1.54, 1.807) is 0 Å². The molecule has 6 heteroatoms. The lowest BCUT2D eigenvalue weighted by Crippen LogP contribution is -2.25. The first-order valence-electron chi connectivity index (χ1n) is 6.20. The maximum absolute atomic E-state index is 13.1. The van der Waals surface area contributed by atoms with Gasteiger partial charge in [-0.3, -0.25) is 4.79 Å². The van der Waals surface area contributed by atoms with Crippen LogP contribution >= 0.6 is 15.9 Å². The lowest BCUT2D eigenvalue weighted by molar-refractivity contribution is 0.0952. The van der Waals surface area contributed by atoms with Gasteiger partial charge in [0.2, 0.25) is 0 Å². The molecule has 0 radical (unpaired) electrons. The highest BCUT2D eigenvalue weighted by molar-refractivity contribution is 9.10. The number of hydrogen-bond donors (Lipinski definition) is 3. The summed E-state index contributed by atoms with van der Waals surface area (Å²) in [5.41, 5.74) is 5.72. The third-order valence-electron chi connectivity index (χ3n) is 2.70. The summed E-state index contributed by atoms with van der Waals surface area (Å²) in [6.45, 7) is 0.752. The molecular formula is C13H18BrFN2O2. The smallest absolute Gasteiger partial charge is 0.252 e. The van der Waals surface area contributed by atoms with Crippen LogP contribution in [0.5, 0.6) is 0 Å². The van der Waals surface area contributed by atoms with E-state index in [9.17, 15) is 9.18 Å². The molecule has 0 unspecified atom stereocenters. The summed E-state index contributed by atoms with van der Waals surface area (Å²) in [5, 5.41) is 11.4. The number of amides is 1. The number of nitrogen functional groups attached to an aromatic ring is 1. The minimum absolute atomic E-state index is 0.0451. The standard InChI is InChI=1S/C13H18BrFN2O2/c14-10-8-11(15)12(16)7-9(10)13(19)17-5-3-1-2-4-6-18/h7-8,18H,1-6,16H2,(H,17,19). The quantitative estimate of drug-likeness (QED) is 0.530. The van der Waals surface area contributed by atoms with Crippen LogP contribution in [0.3, 0.4) is 0 Å². The summed E-state index contributed by atoms with van der Waals surface area (Å²) in [6, 6.07) is 2.51. The number of carbonyl (C=O) groups excluding carboxylic acids is 1. The van der Waals surface area contributed by atoms with Crippen LogP contribution in [-0.2, 0) is 0 Å². The maximum Gasteiger partial charge on any atom is 0.252 e. The van der Waals surface area contributed by atoms with Gasteiger partial charge in [-0.15, -0.1) is 0 Å². The number of aliphatic hydroxyl groups excluding tert-OH is 1. The van der Waals surface area contributed by atoms with Crippen LogP contribution in [0, 0.1) is 5.82 Å². The van der Waals surface area contributed by atoms with Crippen LogP contribution in [0.1, 0.15) is 36.0 Å². The van der Waals surface area contributed by atoms with E-state index in [4.69, 9.17) is 10.8 Å². The summed E-state index contributed by atoms with van der Waals surface area (Å²) in [5.74, 6) is -0.826. The van der Waals surface area contributed by atoms with Gasteiger partial charge in [0.15, 0.2) is 0 Å². The van der Waals surface area contributed by atoms with Gasteiger partial charge in [0.25, 0.3) is 5.91 Å². The monoisotopic (exact) mass is 332 g/mol. The van der Waals surface area contributed by atoms with Gasteiger partial charge in [0.05, 0.1) is 11.3 Å². The number of anilines is 1. The SMILES string of the molecule is Nc1cc(C(=O)NCCCCCCO)c(Br)cc1F. The van der Waals surface area contributed by atoms with Crippen LogP contribution in [0.25, 0.3) is 0 Å². The normalized spacial score (nSPS) is 10.5. The largest absolute Gasteiger partial charge is 0.396 e. The fourth-order valence-electron chi connectivity index (χ4n) is 1.63. The van der Waals surface area contributed by atoms with E-state index >= 15 is 0 Å². The number of hydrogen-bond acceptors (Lipinski definition) is 3.